The molecule has 2 heterocycles. The Morgan fingerprint density at radius 1 is 0.977 bits per heavy atom. The zero-order valence-electron chi connectivity index (χ0n) is 25.0. The van der Waals surface area contributed by atoms with Crippen LogP contribution in [0.25, 0.3) is 0 Å². The molecule has 1 atom stereocenters. The number of carboxylic acids is 1. The number of esters is 1. The van der Waals surface area contributed by atoms with E-state index >= 15 is 0 Å². The molecule has 238 valence electrons. The second kappa shape index (κ2) is 14.6. The van der Waals surface area contributed by atoms with Gasteiger partial charge in [-0.1, -0.05) is 19.3 Å². The van der Waals surface area contributed by atoms with E-state index in [1.807, 2.05) is 0 Å². The maximum absolute atomic E-state index is 13.5. The predicted octanol–water partition coefficient (Wildman–Crippen LogP) is 2.52. The fourth-order valence-electron chi connectivity index (χ4n) is 5.76. The molecule has 3 aliphatic rings. The molecule has 1 aliphatic heterocycles. The molecule has 0 radical (unpaired) electrons. The summed E-state index contributed by atoms with van der Waals surface area (Å²) in [5.41, 5.74) is -1.11. The number of carbonyl (C=O) groups is 5. The molecule has 3 fully saturated rings. The first-order valence-corrected chi connectivity index (χ1v) is 15.4. The Hall–Kier alpha value is -3.84. The SMILES string of the molecule is CCOC(=O)N1CCN(C(=O)[C@H](CCC(=O)O)NC(=O)c2cc(OC3(C(=O)OCC)CCC3)n(C3CCCCC3)n2)CC1. The molecule has 0 unspecified atom stereocenters. The molecule has 14 nitrogen and oxygen atoms in total. The fraction of sp³-hybridized carbons (Fsp3) is 0.724. The van der Waals surface area contributed by atoms with Gasteiger partial charge in [-0.3, -0.25) is 14.4 Å². The van der Waals surface area contributed by atoms with Crippen molar-refractivity contribution >= 4 is 29.8 Å². The van der Waals surface area contributed by atoms with Crippen LogP contribution in [0.3, 0.4) is 0 Å². The Morgan fingerprint density at radius 2 is 1.63 bits per heavy atom. The summed E-state index contributed by atoms with van der Waals surface area (Å²) in [6.45, 7) is 4.89. The van der Waals surface area contributed by atoms with Gasteiger partial charge in [-0.2, -0.15) is 5.10 Å². The fourth-order valence-corrected chi connectivity index (χ4v) is 5.76. The van der Waals surface area contributed by atoms with Gasteiger partial charge in [0.1, 0.15) is 6.04 Å². The number of nitrogens with zero attached hydrogens (tertiary/aromatic N) is 4. The van der Waals surface area contributed by atoms with Crippen LogP contribution in [0.4, 0.5) is 4.79 Å². The molecule has 2 N–H and O–H groups in total. The Bertz CT molecular complexity index is 1170. The molecule has 14 heteroatoms. The highest BCUT2D eigenvalue weighted by Gasteiger charge is 2.49. The van der Waals surface area contributed by atoms with Crippen molar-refractivity contribution in [2.75, 3.05) is 39.4 Å². The van der Waals surface area contributed by atoms with Crippen molar-refractivity contribution in [2.45, 2.75) is 95.7 Å². The number of nitrogens with one attached hydrogen (secondary N) is 1. The topological polar surface area (TPSA) is 170 Å². The van der Waals surface area contributed by atoms with E-state index in [1.54, 1.807) is 18.5 Å². The van der Waals surface area contributed by atoms with E-state index in [0.717, 1.165) is 38.5 Å². The Kier molecular flexibility index (Phi) is 10.9. The molecule has 0 spiro atoms. The number of ether oxygens (including phenoxy) is 3. The van der Waals surface area contributed by atoms with Gasteiger partial charge in [0, 0.05) is 38.7 Å². The molecule has 2 saturated carbocycles. The molecule has 0 aromatic carbocycles. The van der Waals surface area contributed by atoms with Crippen LogP contribution in [0.5, 0.6) is 5.88 Å². The number of hydrogen-bond donors (Lipinski definition) is 2. The van der Waals surface area contributed by atoms with Gasteiger partial charge in [-0.25, -0.2) is 14.3 Å². The first kappa shape index (κ1) is 32.1. The van der Waals surface area contributed by atoms with Crippen LogP contribution in [-0.4, -0.2) is 106 Å². The third kappa shape index (κ3) is 7.77. The van der Waals surface area contributed by atoms with Crippen LogP contribution in [-0.2, 0) is 23.9 Å². The van der Waals surface area contributed by atoms with E-state index < -0.39 is 41.5 Å². The highest BCUT2D eigenvalue weighted by atomic mass is 16.6. The molecule has 43 heavy (non-hydrogen) atoms. The third-order valence-corrected chi connectivity index (χ3v) is 8.33. The number of rotatable bonds is 12. The molecule has 3 amide bonds. The van der Waals surface area contributed by atoms with Crippen molar-refractivity contribution in [3.63, 3.8) is 0 Å². The van der Waals surface area contributed by atoms with Crippen molar-refractivity contribution in [3.05, 3.63) is 11.8 Å². The van der Waals surface area contributed by atoms with E-state index in [1.165, 1.54) is 15.9 Å². The monoisotopic (exact) mass is 605 g/mol. The van der Waals surface area contributed by atoms with E-state index in [4.69, 9.17) is 14.2 Å². The van der Waals surface area contributed by atoms with Crippen molar-refractivity contribution in [2.24, 2.45) is 0 Å². The van der Waals surface area contributed by atoms with Gasteiger partial charge in [-0.05, 0) is 52.4 Å². The van der Waals surface area contributed by atoms with E-state index in [2.05, 4.69) is 10.4 Å². The molecule has 4 rings (SSSR count). The minimum atomic E-state index is -1.12. The van der Waals surface area contributed by atoms with Crippen molar-refractivity contribution in [3.8, 4) is 5.88 Å². The normalized spacial score (nSPS) is 19.1. The van der Waals surface area contributed by atoms with E-state index in [-0.39, 0.29) is 64.0 Å². The number of carboxylic acid groups (broad SMARTS) is 1. The first-order valence-electron chi connectivity index (χ1n) is 15.4. The average Bonchev–Trinajstić information content (AvgIpc) is 3.41. The van der Waals surface area contributed by atoms with Crippen LogP contribution < -0.4 is 10.1 Å². The summed E-state index contributed by atoms with van der Waals surface area (Å²) in [6.07, 6.45) is 5.73. The zero-order valence-corrected chi connectivity index (χ0v) is 25.0. The van der Waals surface area contributed by atoms with Crippen LogP contribution in [0.1, 0.15) is 94.6 Å². The number of carbonyl (C=O) groups excluding carboxylic acids is 4. The summed E-state index contributed by atoms with van der Waals surface area (Å²) >= 11 is 0. The third-order valence-electron chi connectivity index (χ3n) is 8.33. The highest BCUT2D eigenvalue weighted by molar-refractivity contribution is 5.96. The Labute approximate surface area is 251 Å². The predicted molar refractivity (Wildman–Crippen MR) is 151 cm³/mol. The summed E-state index contributed by atoms with van der Waals surface area (Å²) in [6, 6.07) is 0.365. The van der Waals surface area contributed by atoms with Gasteiger partial charge < -0.3 is 34.4 Å². The first-order chi connectivity index (χ1) is 20.7. The summed E-state index contributed by atoms with van der Waals surface area (Å²) in [5.74, 6) is -2.32. The second-order valence-corrected chi connectivity index (χ2v) is 11.2. The summed E-state index contributed by atoms with van der Waals surface area (Å²) < 4.78 is 18.3. The van der Waals surface area contributed by atoms with Crippen LogP contribution in [0.15, 0.2) is 6.07 Å². The van der Waals surface area contributed by atoms with Crippen LogP contribution in [0.2, 0.25) is 0 Å². The molecule has 0 bridgehead atoms. The Balaban J connectivity index is 1.51. The number of piperazine rings is 1. The highest BCUT2D eigenvalue weighted by Crippen LogP contribution is 2.40. The molecule has 1 aromatic rings. The molecule has 1 saturated heterocycles. The summed E-state index contributed by atoms with van der Waals surface area (Å²) in [4.78, 5) is 66.2. The number of aromatic nitrogens is 2. The van der Waals surface area contributed by atoms with Gasteiger partial charge in [-0.15, -0.1) is 0 Å². The molecular weight excluding hydrogens is 562 g/mol. The molecular formula is C29H43N5O9. The lowest BCUT2D eigenvalue weighted by Gasteiger charge is -2.39. The van der Waals surface area contributed by atoms with Crippen LogP contribution >= 0.6 is 0 Å². The smallest absolute Gasteiger partial charge is 0.409 e. The maximum atomic E-state index is 13.5. The van der Waals surface area contributed by atoms with Gasteiger partial charge in [0.15, 0.2) is 5.69 Å². The second-order valence-electron chi connectivity index (χ2n) is 11.2. The quantitative estimate of drug-likeness (QED) is 0.338. The molecule has 2 aliphatic carbocycles. The van der Waals surface area contributed by atoms with Crippen molar-refractivity contribution < 1.29 is 43.3 Å². The Morgan fingerprint density at radius 3 is 2.21 bits per heavy atom. The average molecular weight is 606 g/mol. The summed E-state index contributed by atoms with van der Waals surface area (Å²) in [5, 5.41) is 16.6. The number of aliphatic carboxylic acids is 1. The van der Waals surface area contributed by atoms with E-state index in [0.29, 0.717) is 18.7 Å². The van der Waals surface area contributed by atoms with E-state index in [9.17, 15) is 29.1 Å². The maximum Gasteiger partial charge on any atom is 0.409 e. The lowest BCUT2D eigenvalue weighted by Crippen LogP contribution is -2.56. The van der Waals surface area contributed by atoms with Crippen molar-refractivity contribution in [1.29, 1.82) is 0 Å². The number of hydrogen-bond acceptors (Lipinski definition) is 9. The molecule has 1 aromatic heterocycles. The summed E-state index contributed by atoms with van der Waals surface area (Å²) in [7, 11) is 0. The van der Waals surface area contributed by atoms with Crippen LogP contribution in [0, 0.1) is 0 Å². The van der Waals surface area contributed by atoms with Gasteiger partial charge in [0.25, 0.3) is 5.91 Å². The van der Waals surface area contributed by atoms with Crippen molar-refractivity contribution in [1.82, 2.24) is 24.9 Å². The van der Waals surface area contributed by atoms with Gasteiger partial charge >= 0.3 is 18.0 Å². The lowest BCUT2D eigenvalue weighted by molar-refractivity contribution is -0.170. The van der Waals surface area contributed by atoms with Gasteiger partial charge in [0.05, 0.1) is 19.3 Å². The van der Waals surface area contributed by atoms with Gasteiger partial charge in [0.2, 0.25) is 17.4 Å². The minimum Gasteiger partial charge on any atom is -0.481 e. The number of amides is 3. The minimum absolute atomic E-state index is 0.00949. The largest absolute Gasteiger partial charge is 0.481 e. The standard InChI is InChI=1S/C29H43N5O9/c1-3-41-27(39)29(13-8-14-29)43-23-19-22(31-34(23)20-9-6-5-7-10-20)25(37)30-21(11-12-24(35)36)26(38)32-15-17-33(18-16-32)28(40)42-4-2/h19-21H,3-18H2,1-2H3,(H,30,37)(H,35,36)/t21-/m0/s1. The lowest BCUT2D eigenvalue weighted by atomic mass is 9.80. The zero-order chi connectivity index (χ0) is 31.0.